The third-order valence-electron chi connectivity index (χ3n) is 1.96. The highest BCUT2D eigenvalue weighted by molar-refractivity contribution is 5.93. The molecule has 3 N–H and O–H groups in total. The summed E-state index contributed by atoms with van der Waals surface area (Å²) < 4.78 is 0. The fraction of sp³-hybridized carbons (Fsp3) is 0.375. The summed E-state index contributed by atoms with van der Waals surface area (Å²) in [7, 11) is 0. The number of carbonyl (C=O) groups is 1. The number of rotatable bonds is 2. The zero-order valence-electron chi connectivity index (χ0n) is 7.53. The maximum atomic E-state index is 11.5. The van der Waals surface area contributed by atoms with Crippen LogP contribution in [0.5, 0.6) is 0 Å². The minimum Gasteiger partial charge on any atom is -0.335 e. The van der Waals surface area contributed by atoms with Gasteiger partial charge in [-0.15, -0.1) is 0 Å². The van der Waals surface area contributed by atoms with Gasteiger partial charge in [0.25, 0.3) is 5.91 Å². The first kappa shape index (κ1) is 9.04. The van der Waals surface area contributed by atoms with Crippen LogP contribution in [0.4, 0.5) is 0 Å². The van der Waals surface area contributed by atoms with Crippen molar-refractivity contribution in [2.75, 3.05) is 6.54 Å². The highest BCUT2D eigenvalue weighted by atomic mass is 16.1. The number of carbonyl (C=O) groups excluding carboxylic acids is 1. The summed E-state index contributed by atoms with van der Waals surface area (Å²) in [6.45, 7) is 0.857. The van der Waals surface area contributed by atoms with Crippen molar-refractivity contribution in [3.8, 4) is 0 Å². The quantitative estimate of drug-likeness (QED) is 0.563. The topological polar surface area (TPSA) is 78.9 Å². The minimum absolute atomic E-state index is 0.0114. The fourth-order valence-electron chi connectivity index (χ4n) is 1.25. The summed E-state index contributed by atoms with van der Waals surface area (Å²) in [5, 5.41) is 2.80. The molecule has 1 aliphatic rings. The minimum atomic E-state index is -0.160. The number of aromatic nitrogens is 2. The molecule has 1 saturated heterocycles. The Balaban J connectivity index is 1.95. The van der Waals surface area contributed by atoms with E-state index < -0.39 is 0 Å². The first-order chi connectivity index (χ1) is 6.86. The molecule has 1 aromatic heterocycles. The molecule has 1 unspecified atom stereocenters. The van der Waals surface area contributed by atoms with Crippen LogP contribution in [0.15, 0.2) is 18.7 Å². The molecule has 1 amide bonds. The lowest BCUT2D eigenvalue weighted by molar-refractivity contribution is 0.0931. The third-order valence-corrected chi connectivity index (χ3v) is 1.96. The monoisotopic (exact) mass is 193 g/mol. The highest BCUT2D eigenvalue weighted by Gasteiger charge is 2.16. The van der Waals surface area contributed by atoms with Crippen LogP contribution in [0.1, 0.15) is 16.8 Å². The zero-order valence-corrected chi connectivity index (χ0v) is 7.53. The lowest BCUT2D eigenvalue weighted by Gasteiger charge is -2.11. The first-order valence-corrected chi connectivity index (χ1v) is 4.40. The lowest BCUT2D eigenvalue weighted by Crippen LogP contribution is -2.44. The summed E-state index contributed by atoms with van der Waals surface area (Å²) in [6.07, 6.45) is 5.24. The summed E-state index contributed by atoms with van der Waals surface area (Å²) in [6, 6.07) is 0. The van der Waals surface area contributed by atoms with E-state index in [1.807, 2.05) is 0 Å². The normalized spacial score (nSPS) is 20.7. The second-order valence-corrected chi connectivity index (χ2v) is 3.01. The highest BCUT2D eigenvalue weighted by Crippen LogP contribution is 1.96. The predicted octanol–water partition coefficient (Wildman–Crippen LogP) is -0.970. The van der Waals surface area contributed by atoms with Gasteiger partial charge in [-0.1, -0.05) is 0 Å². The van der Waals surface area contributed by atoms with Gasteiger partial charge < -0.3 is 5.32 Å². The van der Waals surface area contributed by atoms with Gasteiger partial charge in [-0.3, -0.25) is 10.2 Å². The Bertz CT molecular complexity index is 309. The van der Waals surface area contributed by atoms with Crippen LogP contribution in [0.3, 0.4) is 0 Å². The van der Waals surface area contributed by atoms with E-state index >= 15 is 0 Å². The summed E-state index contributed by atoms with van der Waals surface area (Å²) in [5.74, 6) is -0.160. The van der Waals surface area contributed by atoms with Crippen LogP contribution in [-0.2, 0) is 0 Å². The molecular weight excluding hydrogens is 182 g/mol. The Morgan fingerprint density at radius 2 is 2.29 bits per heavy atom. The molecule has 0 aliphatic carbocycles. The van der Waals surface area contributed by atoms with Crippen molar-refractivity contribution in [3.63, 3.8) is 0 Å². The van der Waals surface area contributed by atoms with Crippen molar-refractivity contribution in [2.24, 2.45) is 0 Å². The Kier molecular flexibility index (Phi) is 2.66. The van der Waals surface area contributed by atoms with E-state index in [-0.39, 0.29) is 12.1 Å². The molecule has 0 aromatic carbocycles. The van der Waals surface area contributed by atoms with Crippen LogP contribution >= 0.6 is 0 Å². The summed E-state index contributed by atoms with van der Waals surface area (Å²) >= 11 is 0. The molecule has 1 fully saturated rings. The van der Waals surface area contributed by atoms with Crippen LogP contribution in [-0.4, -0.2) is 28.6 Å². The summed E-state index contributed by atoms with van der Waals surface area (Å²) in [4.78, 5) is 19.1. The Morgan fingerprint density at radius 1 is 1.50 bits per heavy atom. The SMILES string of the molecule is O=C(NC1CCNN1)c1cncnc1. The molecule has 0 spiro atoms. The number of amides is 1. The van der Waals surface area contributed by atoms with Gasteiger partial charge in [-0.05, 0) is 6.42 Å². The fourth-order valence-corrected chi connectivity index (χ4v) is 1.25. The maximum Gasteiger partial charge on any atom is 0.255 e. The average molecular weight is 193 g/mol. The number of hydrazine groups is 1. The van der Waals surface area contributed by atoms with Crippen molar-refractivity contribution >= 4 is 5.91 Å². The van der Waals surface area contributed by atoms with Crippen LogP contribution in [0.2, 0.25) is 0 Å². The van der Waals surface area contributed by atoms with Crippen LogP contribution in [0.25, 0.3) is 0 Å². The third kappa shape index (κ3) is 2.04. The summed E-state index contributed by atoms with van der Waals surface area (Å²) in [5.41, 5.74) is 6.34. The largest absolute Gasteiger partial charge is 0.335 e. The first-order valence-electron chi connectivity index (χ1n) is 4.40. The van der Waals surface area contributed by atoms with Crippen molar-refractivity contribution in [3.05, 3.63) is 24.3 Å². The van der Waals surface area contributed by atoms with Crippen molar-refractivity contribution < 1.29 is 4.79 Å². The molecule has 74 valence electrons. The second kappa shape index (κ2) is 4.12. The van der Waals surface area contributed by atoms with Gasteiger partial charge in [0.05, 0.1) is 11.7 Å². The van der Waals surface area contributed by atoms with Crippen LogP contribution in [0, 0.1) is 0 Å². The molecule has 2 heterocycles. The predicted molar refractivity (Wildman–Crippen MR) is 49.0 cm³/mol. The van der Waals surface area contributed by atoms with Gasteiger partial charge in [-0.25, -0.2) is 15.4 Å². The van der Waals surface area contributed by atoms with Crippen molar-refractivity contribution in [1.82, 2.24) is 26.1 Å². The maximum absolute atomic E-state index is 11.5. The standard InChI is InChI=1S/C8H11N5O/c14-8(6-3-9-5-10-4-6)12-7-1-2-11-13-7/h3-5,7,11,13H,1-2H2,(H,12,14). The van der Waals surface area contributed by atoms with Gasteiger partial charge in [0.2, 0.25) is 0 Å². The molecular formula is C8H11N5O. The van der Waals surface area contributed by atoms with E-state index in [0.717, 1.165) is 13.0 Å². The van der Waals surface area contributed by atoms with Gasteiger partial charge in [-0.2, -0.15) is 0 Å². The molecule has 6 nitrogen and oxygen atoms in total. The van der Waals surface area contributed by atoms with Crippen molar-refractivity contribution in [1.29, 1.82) is 0 Å². The molecule has 1 aromatic rings. The molecule has 0 saturated carbocycles. The van der Waals surface area contributed by atoms with E-state index in [2.05, 4.69) is 26.1 Å². The molecule has 1 aliphatic heterocycles. The van der Waals surface area contributed by atoms with E-state index in [1.54, 1.807) is 0 Å². The van der Waals surface area contributed by atoms with Gasteiger partial charge in [0, 0.05) is 18.9 Å². The Morgan fingerprint density at radius 3 is 2.93 bits per heavy atom. The van der Waals surface area contributed by atoms with E-state index in [0.29, 0.717) is 5.56 Å². The van der Waals surface area contributed by atoms with Gasteiger partial charge >= 0.3 is 0 Å². The van der Waals surface area contributed by atoms with Crippen molar-refractivity contribution in [2.45, 2.75) is 12.6 Å². The Labute approximate surface area is 81.1 Å². The second-order valence-electron chi connectivity index (χ2n) is 3.01. The number of nitrogens with one attached hydrogen (secondary N) is 3. The van der Waals surface area contributed by atoms with Gasteiger partial charge in [0.15, 0.2) is 0 Å². The van der Waals surface area contributed by atoms with E-state index in [9.17, 15) is 4.79 Å². The molecule has 0 bridgehead atoms. The molecule has 1 atom stereocenters. The van der Waals surface area contributed by atoms with Gasteiger partial charge in [0.1, 0.15) is 6.33 Å². The average Bonchev–Trinajstić information content (AvgIpc) is 2.72. The zero-order chi connectivity index (χ0) is 9.80. The molecule has 2 rings (SSSR count). The number of nitrogens with zero attached hydrogens (tertiary/aromatic N) is 2. The lowest BCUT2D eigenvalue weighted by atomic mass is 10.3. The smallest absolute Gasteiger partial charge is 0.255 e. The number of hydrogen-bond acceptors (Lipinski definition) is 5. The number of hydrogen-bond donors (Lipinski definition) is 3. The molecule has 6 heteroatoms. The molecule has 14 heavy (non-hydrogen) atoms. The molecule has 0 radical (unpaired) electrons. The Hall–Kier alpha value is -1.53. The van der Waals surface area contributed by atoms with E-state index in [1.165, 1.54) is 18.7 Å². The van der Waals surface area contributed by atoms with E-state index in [4.69, 9.17) is 0 Å². The van der Waals surface area contributed by atoms with Crippen LogP contribution < -0.4 is 16.2 Å².